The predicted molar refractivity (Wildman–Crippen MR) is 65.2 cm³/mol. The van der Waals surface area contributed by atoms with Gasteiger partial charge in [-0.05, 0) is 0 Å². The zero-order valence-corrected chi connectivity index (χ0v) is 12.5. The first-order valence-corrected chi connectivity index (χ1v) is 15.3. The van der Waals surface area contributed by atoms with Crippen molar-refractivity contribution in [2.45, 2.75) is 28.2 Å². The Morgan fingerprint density at radius 3 is 2.07 bits per heavy atom. The summed E-state index contributed by atoms with van der Waals surface area (Å²) in [6.07, 6.45) is 1.07. The molecule has 78 valence electrons. The molecule has 1 aromatic carbocycles. The number of hydrogen-bond donors (Lipinski definition) is 0. The first-order valence-electron chi connectivity index (χ1n) is 5.27. The number of hydrogen-bond acceptors (Lipinski definition) is 1. The van der Waals surface area contributed by atoms with E-state index in [1.54, 1.807) is 3.58 Å². The third-order valence-electron chi connectivity index (χ3n) is 2.19. The van der Waals surface area contributed by atoms with E-state index < -0.39 is 18.4 Å². The summed E-state index contributed by atoms with van der Waals surface area (Å²) in [7, 11) is 0. The molecule has 1 nitrogen and oxygen atoms in total. The summed E-state index contributed by atoms with van der Waals surface area (Å²) >= 11 is -1.84. The molecule has 0 unspecified atom stereocenters. The summed E-state index contributed by atoms with van der Waals surface area (Å²) in [5, 5.41) is 0. The van der Waals surface area contributed by atoms with Crippen LogP contribution in [0, 0.1) is 0 Å². The van der Waals surface area contributed by atoms with Crippen LogP contribution in [0.3, 0.4) is 0 Å². The van der Waals surface area contributed by atoms with Crippen LogP contribution in [0.2, 0.25) is 14.8 Å². The molecular formula is C12H20OSn. The van der Waals surface area contributed by atoms with Gasteiger partial charge in [0.25, 0.3) is 0 Å². The summed E-state index contributed by atoms with van der Waals surface area (Å²) in [6, 6.07) is 8.68. The van der Waals surface area contributed by atoms with Crippen molar-refractivity contribution < 1.29 is 4.74 Å². The number of rotatable bonds is 4. The molecule has 0 aliphatic heterocycles. The topological polar surface area (TPSA) is 9.23 Å². The zero-order chi connectivity index (χ0) is 10.6. The summed E-state index contributed by atoms with van der Waals surface area (Å²) in [6.45, 7) is 2.94. The number of ether oxygens (including phenoxy) is 1. The van der Waals surface area contributed by atoms with Crippen LogP contribution in [0.5, 0.6) is 5.75 Å². The minimum absolute atomic E-state index is 0.818. The van der Waals surface area contributed by atoms with Gasteiger partial charge in [-0.3, -0.25) is 0 Å². The Bertz CT molecular complexity index is 271. The predicted octanol–water partition coefficient (Wildman–Crippen LogP) is 3.02. The van der Waals surface area contributed by atoms with Crippen LogP contribution < -0.4 is 8.32 Å². The molecule has 0 saturated carbocycles. The van der Waals surface area contributed by atoms with Crippen LogP contribution >= 0.6 is 0 Å². The van der Waals surface area contributed by atoms with Crippen molar-refractivity contribution in [2.75, 3.05) is 6.61 Å². The van der Waals surface area contributed by atoms with Crippen molar-refractivity contribution in [3.05, 3.63) is 24.3 Å². The average molecular weight is 299 g/mol. The van der Waals surface area contributed by atoms with E-state index in [2.05, 4.69) is 46.0 Å². The van der Waals surface area contributed by atoms with E-state index in [4.69, 9.17) is 4.74 Å². The summed E-state index contributed by atoms with van der Waals surface area (Å²) in [4.78, 5) is 7.28. The molecule has 1 aromatic rings. The number of benzene rings is 1. The van der Waals surface area contributed by atoms with E-state index in [0.29, 0.717) is 0 Å². The third-order valence-corrected chi connectivity index (χ3v) is 8.09. The second-order valence-corrected chi connectivity index (χ2v) is 19.1. The molecule has 0 bridgehead atoms. The Morgan fingerprint density at radius 1 is 1.07 bits per heavy atom. The summed E-state index contributed by atoms with van der Waals surface area (Å²) in [5.41, 5.74) is 0. The van der Waals surface area contributed by atoms with Crippen LogP contribution in [0.15, 0.2) is 24.3 Å². The van der Waals surface area contributed by atoms with Gasteiger partial charge in [-0.25, -0.2) is 0 Å². The van der Waals surface area contributed by atoms with Crippen LogP contribution in [-0.4, -0.2) is 25.0 Å². The summed E-state index contributed by atoms with van der Waals surface area (Å²) < 4.78 is 7.10. The quantitative estimate of drug-likeness (QED) is 0.777. The first-order chi connectivity index (χ1) is 6.54. The molecule has 0 radical (unpaired) electrons. The summed E-state index contributed by atoms with van der Waals surface area (Å²) in [5.74, 6) is 1.01. The molecule has 0 heterocycles. The molecule has 0 atom stereocenters. The van der Waals surface area contributed by atoms with Gasteiger partial charge in [-0.15, -0.1) is 0 Å². The Morgan fingerprint density at radius 2 is 1.64 bits per heavy atom. The molecule has 14 heavy (non-hydrogen) atoms. The molecule has 0 aliphatic rings. The van der Waals surface area contributed by atoms with Gasteiger partial charge >= 0.3 is 91.5 Å². The van der Waals surface area contributed by atoms with Crippen molar-refractivity contribution in [1.82, 2.24) is 0 Å². The fourth-order valence-electron chi connectivity index (χ4n) is 1.27. The maximum atomic E-state index is 5.55. The Balaban J connectivity index is 2.69. The first kappa shape index (κ1) is 11.9. The fraction of sp³-hybridized carbons (Fsp3) is 0.500. The molecular weight excluding hydrogens is 279 g/mol. The Hall–Kier alpha value is -0.181. The van der Waals surface area contributed by atoms with Gasteiger partial charge < -0.3 is 0 Å². The molecule has 0 aliphatic carbocycles. The van der Waals surface area contributed by atoms with Gasteiger partial charge in [0.1, 0.15) is 0 Å². The molecule has 1 rings (SSSR count). The van der Waals surface area contributed by atoms with E-state index in [1.807, 2.05) is 0 Å². The van der Waals surface area contributed by atoms with Crippen molar-refractivity contribution in [1.29, 1.82) is 0 Å². The van der Waals surface area contributed by atoms with Gasteiger partial charge in [0.05, 0.1) is 0 Å². The van der Waals surface area contributed by atoms with Crippen LogP contribution in [0.4, 0.5) is 0 Å². The van der Waals surface area contributed by atoms with Crippen LogP contribution in [0.25, 0.3) is 0 Å². The van der Waals surface area contributed by atoms with Gasteiger partial charge in [0, 0.05) is 0 Å². The van der Waals surface area contributed by atoms with Crippen LogP contribution in [-0.2, 0) is 0 Å². The minimum atomic E-state index is -1.84. The van der Waals surface area contributed by atoms with Gasteiger partial charge in [-0.1, -0.05) is 0 Å². The SMILES string of the molecule is CCCOc1cc[c]([Sn]([CH3])([CH3])[CH3])cc1. The zero-order valence-electron chi connectivity index (χ0n) is 9.63. The fourth-order valence-corrected chi connectivity index (χ4v) is 4.60. The van der Waals surface area contributed by atoms with E-state index in [9.17, 15) is 0 Å². The Labute approximate surface area is 91.4 Å². The second-order valence-electron chi connectivity index (χ2n) is 4.62. The molecule has 0 N–H and O–H groups in total. The Kier molecular flexibility index (Phi) is 4.29. The van der Waals surface area contributed by atoms with Crippen molar-refractivity contribution in [3.8, 4) is 5.75 Å². The van der Waals surface area contributed by atoms with Crippen LogP contribution in [0.1, 0.15) is 13.3 Å². The molecule has 0 aromatic heterocycles. The standard InChI is InChI=1S/C9H11O.3CH3.Sn/c1-2-8-10-9-6-4-3-5-7-9;;;;/h4-7H,2,8H2,1H3;3*1H3;. The molecule has 0 saturated heterocycles. The van der Waals surface area contributed by atoms with Gasteiger partial charge in [-0.2, -0.15) is 0 Å². The van der Waals surface area contributed by atoms with Crippen molar-refractivity contribution in [3.63, 3.8) is 0 Å². The second kappa shape index (κ2) is 5.06. The molecule has 0 fully saturated rings. The van der Waals surface area contributed by atoms with Crippen molar-refractivity contribution in [2.24, 2.45) is 0 Å². The van der Waals surface area contributed by atoms with E-state index in [1.165, 1.54) is 0 Å². The molecule has 0 amide bonds. The van der Waals surface area contributed by atoms with Gasteiger partial charge in [0.15, 0.2) is 0 Å². The molecule has 2 heteroatoms. The maximum absolute atomic E-state index is 5.55. The van der Waals surface area contributed by atoms with Crippen molar-refractivity contribution >= 4 is 22.0 Å². The van der Waals surface area contributed by atoms with E-state index in [-0.39, 0.29) is 0 Å². The average Bonchev–Trinajstić information content (AvgIpc) is 2.14. The third kappa shape index (κ3) is 3.52. The van der Waals surface area contributed by atoms with E-state index >= 15 is 0 Å². The molecule has 0 spiro atoms. The normalized spacial score (nSPS) is 11.4. The monoisotopic (exact) mass is 300 g/mol. The van der Waals surface area contributed by atoms with Gasteiger partial charge in [0.2, 0.25) is 0 Å². The van der Waals surface area contributed by atoms with E-state index in [0.717, 1.165) is 18.8 Å².